The molecule has 0 aliphatic carbocycles. The van der Waals surface area contributed by atoms with Crippen LogP contribution in [-0.2, 0) is 9.59 Å². The van der Waals surface area contributed by atoms with Crippen molar-refractivity contribution in [3.8, 4) is 11.5 Å². The van der Waals surface area contributed by atoms with Gasteiger partial charge in [0.25, 0.3) is 11.8 Å². The number of imide groups is 2. The van der Waals surface area contributed by atoms with Gasteiger partial charge in [0.15, 0.2) is 0 Å². The van der Waals surface area contributed by atoms with Crippen molar-refractivity contribution in [1.29, 1.82) is 0 Å². The molecular formula is C18H14N2O5. The number of nitrogens with one attached hydrogen (secondary N) is 1. The number of phenols is 1. The van der Waals surface area contributed by atoms with Gasteiger partial charge in [-0.25, -0.2) is 9.69 Å². The molecule has 1 saturated heterocycles. The molecule has 1 aliphatic heterocycles. The Labute approximate surface area is 143 Å². The molecular weight excluding hydrogens is 324 g/mol. The predicted molar refractivity (Wildman–Crippen MR) is 90.1 cm³/mol. The molecule has 0 aromatic heterocycles. The standard InChI is InChI=1S/C18H14N2O5/c1-25-13-8-7-11(15(21)10-13)9-14-16(22)19-18(24)20(17(14)23)12-5-3-2-4-6-12/h2-10,21H,1H3,(H,19,22,24)/b14-9+. The normalized spacial score (nSPS) is 16.1. The number of carbonyl (C=O) groups is 3. The highest BCUT2D eigenvalue weighted by molar-refractivity contribution is 6.39. The van der Waals surface area contributed by atoms with Crippen LogP contribution in [0.25, 0.3) is 6.08 Å². The van der Waals surface area contributed by atoms with E-state index in [1.807, 2.05) is 0 Å². The van der Waals surface area contributed by atoms with Crippen LogP contribution in [0.4, 0.5) is 10.5 Å². The Morgan fingerprint density at radius 3 is 2.44 bits per heavy atom. The van der Waals surface area contributed by atoms with Crippen LogP contribution in [0.2, 0.25) is 0 Å². The lowest BCUT2D eigenvalue weighted by Gasteiger charge is -2.26. The maximum Gasteiger partial charge on any atom is 0.335 e. The molecule has 0 bridgehead atoms. The summed E-state index contributed by atoms with van der Waals surface area (Å²) in [6.07, 6.45) is 1.23. The fourth-order valence-corrected chi connectivity index (χ4v) is 2.40. The van der Waals surface area contributed by atoms with Crippen molar-refractivity contribution in [2.24, 2.45) is 0 Å². The molecule has 25 heavy (non-hydrogen) atoms. The zero-order valence-electron chi connectivity index (χ0n) is 13.2. The molecule has 0 unspecified atom stereocenters. The summed E-state index contributed by atoms with van der Waals surface area (Å²) < 4.78 is 4.99. The predicted octanol–water partition coefficient (Wildman–Crippen LogP) is 2.07. The van der Waals surface area contributed by atoms with E-state index in [0.29, 0.717) is 11.4 Å². The molecule has 3 rings (SSSR count). The van der Waals surface area contributed by atoms with Crippen molar-refractivity contribution >= 4 is 29.6 Å². The fourth-order valence-electron chi connectivity index (χ4n) is 2.40. The molecule has 2 aromatic carbocycles. The van der Waals surface area contributed by atoms with Gasteiger partial charge in [-0.05, 0) is 30.3 Å². The number of aromatic hydroxyl groups is 1. The minimum Gasteiger partial charge on any atom is -0.507 e. The van der Waals surface area contributed by atoms with Gasteiger partial charge in [0, 0.05) is 11.6 Å². The zero-order chi connectivity index (χ0) is 18.0. The van der Waals surface area contributed by atoms with E-state index in [0.717, 1.165) is 4.90 Å². The van der Waals surface area contributed by atoms with Crippen LogP contribution in [0.15, 0.2) is 54.1 Å². The summed E-state index contributed by atoms with van der Waals surface area (Å²) in [6.45, 7) is 0. The molecule has 1 heterocycles. The van der Waals surface area contributed by atoms with Crippen LogP contribution < -0.4 is 15.0 Å². The molecule has 0 spiro atoms. The number of methoxy groups -OCH3 is 1. The van der Waals surface area contributed by atoms with Crippen LogP contribution >= 0.6 is 0 Å². The SMILES string of the molecule is COc1ccc(/C=C2\C(=O)NC(=O)N(c3ccccc3)C2=O)c(O)c1. The number of urea groups is 1. The van der Waals surface area contributed by atoms with Gasteiger partial charge in [0.05, 0.1) is 12.8 Å². The number of ether oxygens (including phenoxy) is 1. The third-order valence-electron chi connectivity index (χ3n) is 3.65. The molecule has 7 nitrogen and oxygen atoms in total. The first-order valence-electron chi connectivity index (χ1n) is 7.35. The van der Waals surface area contributed by atoms with Gasteiger partial charge in [0.1, 0.15) is 17.1 Å². The van der Waals surface area contributed by atoms with E-state index in [9.17, 15) is 19.5 Å². The van der Waals surface area contributed by atoms with Gasteiger partial charge in [0.2, 0.25) is 0 Å². The van der Waals surface area contributed by atoms with E-state index in [4.69, 9.17) is 4.74 Å². The third-order valence-corrected chi connectivity index (χ3v) is 3.65. The number of hydrogen-bond donors (Lipinski definition) is 2. The highest BCUT2D eigenvalue weighted by atomic mass is 16.5. The third kappa shape index (κ3) is 3.07. The van der Waals surface area contributed by atoms with Gasteiger partial charge in [-0.2, -0.15) is 0 Å². The van der Waals surface area contributed by atoms with E-state index < -0.39 is 17.8 Å². The molecule has 1 fully saturated rings. The summed E-state index contributed by atoms with van der Waals surface area (Å²) in [5.74, 6) is -1.32. The zero-order valence-corrected chi connectivity index (χ0v) is 13.2. The van der Waals surface area contributed by atoms with Crippen LogP contribution in [0.1, 0.15) is 5.56 Å². The average Bonchev–Trinajstić information content (AvgIpc) is 2.60. The molecule has 126 valence electrons. The van der Waals surface area contributed by atoms with Gasteiger partial charge < -0.3 is 9.84 Å². The number of para-hydroxylation sites is 1. The van der Waals surface area contributed by atoms with E-state index in [-0.39, 0.29) is 16.9 Å². The van der Waals surface area contributed by atoms with Crippen LogP contribution in [0.5, 0.6) is 11.5 Å². The second-order valence-electron chi connectivity index (χ2n) is 5.22. The molecule has 2 N–H and O–H groups in total. The van der Waals surface area contributed by atoms with Crippen molar-refractivity contribution < 1.29 is 24.2 Å². The van der Waals surface area contributed by atoms with Crippen LogP contribution in [0, 0.1) is 0 Å². The fraction of sp³-hybridized carbons (Fsp3) is 0.0556. The Balaban J connectivity index is 2.02. The lowest BCUT2D eigenvalue weighted by Crippen LogP contribution is -2.54. The van der Waals surface area contributed by atoms with E-state index in [1.54, 1.807) is 36.4 Å². The summed E-state index contributed by atoms with van der Waals surface area (Å²) in [6, 6.07) is 11.9. The Morgan fingerprint density at radius 2 is 1.80 bits per heavy atom. The van der Waals surface area contributed by atoms with Gasteiger partial charge in [-0.15, -0.1) is 0 Å². The quantitative estimate of drug-likeness (QED) is 0.660. The number of nitrogens with zero attached hydrogens (tertiary/aromatic N) is 1. The topological polar surface area (TPSA) is 95.9 Å². The first-order chi connectivity index (χ1) is 12.0. The Morgan fingerprint density at radius 1 is 1.08 bits per heavy atom. The summed E-state index contributed by atoms with van der Waals surface area (Å²) >= 11 is 0. The van der Waals surface area contributed by atoms with Crippen molar-refractivity contribution in [2.75, 3.05) is 12.0 Å². The van der Waals surface area contributed by atoms with Crippen LogP contribution in [0.3, 0.4) is 0 Å². The molecule has 1 aliphatic rings. The minimum atomic E-state index is -0.822. The molecule has 0 radical (unpaired) electrons. The highest BCUT2D eigenvalue weighted by Gasteiger charge is 2.36. The number of benzene rings is 2. The second kappa shape index (κ2) is 6.48. The number of amides is 4. The molecule has 7 heteroatoms. The van der Waals surface area contributed by atoms with Gasteiger partial charge in [-0.3, -0.25) is 14.9 Å². The Hall–Kier alpha value is -3.61. The number of phenolic OH excluding ortho intramolecular Hbond substituents is 1. The molecule has 2 aromatic rings. The smallest absolute Gasteiger partial charge is 0.335 e. The summed E-state index contributed by atoms with van der Waals surface area (Å²) in [7, 11) is 1.45. The highest BCUT2D eigenvalue weighted by Crippen LogP contribution is 2.27. The number of carbonyl (C=O) groups excluding carboxylic acids is 3. The minimum absolute atomic E-state index is 0.157. The van der Waals surface area contributed by atoms with Crippen molar-refractivity contribution in [3.63, 3.8) is 0 Å². The van der Waals surface area contributed by atoms with Gasteiger partial charge >= 0.3 is 6.03 Å². The number of barbiturate groups is 1. The van der Waals surface area contributed by atoms with E-state index in [2.05, 4.69) is 5.32 Å². The van der Waals surface area contributed by atoms with Crippen molar-refractivity contribution in [3.05, 3.63) is 59.7 Å². The Kier molecular flexibility index (Phi) is 4.21. The van der Waals surface area contributed by atoms with Crippen molar-refractivity contribution in [1.82, 2.24) is 5.32 Å². The monoisotopic (exact) mass is 338 g/mol. The first kappa shape index (κ1) is 16.3. The summed E-state index contributed by atoms with van der Waals surface area (Å²) in [5.41, 5.74) is 0.327. The van der Waals surface area contributed by atoms with Gasteiger partial charge in [-0.1, -0.05) is 18.2 Å². The van der Waals surface area contributed by atoms with Crippen molar-refractivity contribution in [2.45, 2.75) is 0 Å². The maximum atomic E-state index is 12.7. The van der Waals surface area contributed by atoms with E-state index >= 15 is 0 Å². The number of hydrogen-bond acceptors (Lipinski definition) is 5. The summed E-state index contributed by atoms with van der Waals surface area (Å²) in [4.78, 5) is 37.6. The average molecular weight is 338 g/mol. The first-order valence-corrected chi connectivity index (χ1v) is 7.35. The molecule has 0 atom stereocenters. The lowest BCUT2D eigenvalue weighted by atomic mass is 10.1. The Bertz CT molecular complexity index is 890. The molecule has 0 saturated carbocycles. The summed E-state index contributed by atoms with van der Waals surface area (Å²) in [5, 5.41) is 12.1. The lowest BCUT2D eigenvalue weighted by molar-refractivity contribution is -0.122. The van der Waals surface area contributed by atoms with Crippen LogP contribution in [-0.4, -0.2) is 30.1 Å². The second-order valence-corrected chi connectivity index (χ2v) is 5.22. The number of rotatable bonds is 3. The molecule has 4 amide bonds. The largest absolute Gasteiger partial charge is 0.507 e. The maximum absolute atomic E-state index is 12.7. The number of anilines is 1. The van der Waals surface area contributed by atoms with E-state index in [1.165, 1.54) is 25.3 Å².